The Balaban J connectivity index is 0.967. The first kappa shape index (κ1) is 43.1. The van der Waals surface area contributed by atoms with Crippen LogP contribution in [0.15, 0.2) is 58.1 Å². The van der Waals surface area contributed by atoms with E-state index in [-0.39, 0.29) is 66.3 Å². The van der Waals surface area contributed by atoms with Crippen LogP contribution in [0, 0.1) is 0 Å². The summed E-state index contributed by atoms with van der Waals surface area (Å²) in [5.74, 6) is -2.31. The van der Waals surface area contributed by atoms with Gasteiger partial charge in [0.1, 0.15) is 19.8 Å². The molecule has 0 unspecified atom stereocenters. The van der Waals surface area contributed by atoms with Crippen molar-refractivity contribution >= 4 is 61.6 Å². The van der Waals surface area contributed by atoms with E-state index in [1.54, 1.807) is 24.2 Å². The molecule has 6 aromatic heterocycles. The number of morpholine rings is 1. The Hall–Kier alpha value is -5.01. The van der Waals surface area contributed by atoms with Crippen LogP contribution in [0.1, 0.15) is 60.0 Å². The lowest BCUT2D eigenvalue weighted by molar-refractivity contribution is -0.118. The fourth-order valence-corrected chi connectivity index (χ4v) is 9.42. The highest BCUT2D eigenvalue weighted by Gasteiger charge is 2.29. The Morgan fingerprint density at radius 1 is 0.883 bits per heavy atom. The van der Waals surface area contributed by atoms with Gasteiger partial charge < -0.3 is 18.5 Å². The van der Waals surface area contributed by atoms with Gasteiger partial charge in [0.25, 0.3) is 23.6 Å². The summed E-state index contributed by atoms with van der Waals surface area (Å²) in [7, 11) is -4.00. The zero-order chi connectivity index (χ0) is 42.4. The number of hydrogen-bond acceptors (Lipinski definition) is 17. The van der Waals surface area contributed by atoms with E-state index in [2.05, 4.69) is 40.3 Å². The molecule has 1 atom stereocenters. The Morgan fingerprint density at radius 3 is 2.13 bits per heavy atom. The summed E-state index contributed by atoms with van der Waals surface area (Å²) in [6.45, 7) is 3.19. The van der Waals surface area contributed by atoms with Crippen LogP contribution in [0.4, 0.5) is 28.9 Å². The van der Waals surface area contributed by atoms with Crippen LogP contribution in [-0.2, 0) is 39.1 Å². The number of aromatic nitrogens is 8. The van der Waals surface area contributed by atoms with Crippen molar-refractivity contribution in [2.24, 2.45) is 0 Å². The van der Waals surface area contributed by atoms with Crippen molar-refractivity contribution in [3.8, 4) is 21.5 Å². The number of carbonyl (C=O) groups is 1. The minimum atomic E-state index is -4.00. The average molecular weight is 912 g/mol. The van der Waals surface area contributed by atoms with E-state index in [0.29, 0.717) is 58.0 Å². The number of anilines is 2. The van der Waals surface area contributed by atoms with E-state index in [0.717, 1.165) is 32.5 Å². The maximum Gasteiger partial charge on any atom is 0.314 e. The SMILES string of the molecule is CCC(=O)N(Cc1ncc(-c2nnc(C(F)F)o2)s1)c1cncc(CC[C@@H]2CN(CCS(=O)(=O)N(Cc3ncc(-c4nnc(C(F)F)o4)s3)c3cncc(Cl)c3)CCO2)c1. The average Bonchev–Trinajstić information content (AvgIpc) is 4.08. The maximum atomic E-state index is 14.0. The fourth-order valence-electron chi connectivity index (χ4n) is 6.07. The summed E-state index contributed by atoms with van der Waals surface area (Å²) in [4.78, 5) is 34.4. The summed E-state index contributed by atoms with van der Waals surface area (Å²) in [6.07, 6.45) is 4.08. The third-order valence-electron chi connectivity index (χ3n) is 9.01. The Kier molecular flexibility index (Phi) is 13.7. The molecule has 60 heavy (non-hydrogen) atoms. The van der Waals surface area contributed by atoms with Gasteiger partial charge >= 0.3 is 12.9 Å². The third kappa shape index (κ3) is 10.6. The summed E-state index contributed by atoms with van der Waals surface area (Å²) in [5, 5.41) is 15.1. The number of halogens is 5. The van der Waals surface area contributed by atoms with Crippen LogP contribution < -0.4 is 9.21 Å². The molecule has 0 radical (unpaired) electrons. The molecule has 1 aliphatic heterocycles. The minimum Gasteiger partial charge on any atom is -0.414 e. The summed E-state index contributed by atoms with van der Waals surface area (Å²) in [5.41, 5.74) is 1.62. The summed E-state index contributed by atoms with van der Waals surface area (Å²) < 4.78 is 97.1. The van der Waals surface area contributed by atoms with E-state index in [1.165, 1.54) is 30.9 Å². The number of ether oxygens (including phenoxy) is 1. The number of alkyl halides is 4. The molecule has 0 saturated carbocycles. The molecule has 0 bridgehead atoms. The van der Waals surface area contributed by atoms with Crippen molar-refractivity contribution in [2.75, 3.05) is 41.2 Å². The molecule has 7 rings (SSSR count). The normalized spacial score (nSPS) is 15.0. The highest BCUT2D eigenvalue weighted by molar-refractivity contribution is 7.92. The lowest BCUT2D eigenvalue weighted by atomic mass is 10.1. The van der Waals surface area contributed by atoms with E-state index in [1.807, 2.05) is 11.0 Å². The van der Waals surface area contributed by atoms with Gasteiger partial charge in [0, 0.05) is 38.4 Å². The zero-order valence-corrected chi connectivity index (χ0v) is 34.6. The van der Waals surface area contributed by atoms with Gasteiger partial charge in [0.05, 0.1) is 72.7 Å². The van der Waals surface area contributed by atoms with Crippen molar-refractivity contribution in [1.29, 1.82) is 0 Å². The van der Waals surface area contributed by atoms with E-state index in [4.69, 9.17) is 25.2 Å². The van der Waals surface area contributed by atoms with Crippen molar-refractivity contribution in [3.63, 3.8) is 0 Å². The second-order valence-corrected chi connectivity index (χ2v) is 17.8. The number of amides is 1. The first-order valence-electron chi connectivity index (χ1n) is 18.2. The molecule has 6 aromatic rings. The molecule has 1 fully saturated rings. The van der Waals surface area contributed by atoms with E-state index >= 15 is 0 Å². The van der Waals surface area contributed by atoms with E-state index < -0.39 is 34.7 Å². The number of sulfonamides is 1. The third-order valence-corrected chi connectivity index (χ3v) is 12.9. The molecule has 1 aliphatic rings. The van der Waals surface area contributed by atoms with Crippen molar-refractivity contribution < 1.29 is 44.3 Å². The van der Waals surface area contributed by atoms with Crippen LogP contribution in [0.2, 0.25) is 5.02 Å². The van der Waals surface area contributed by atoms with Crippen LogP contribution in [0.3, 0.4) is 0 Å². The van der Waals surface area contributed by atoms with Crippen LogP contribution in [0.5, 0.6) is 0 Å². The number of nitrogens with zero attached hydrogens (tertiary/aromatic N) is 11. The monoisotopic (exact) mass is 911 g/mol. The van der Waals surface area contributed by atoms with Crippen molar-refractivity contribution in [2.45, 2.75) is 58.2 Å². The zero-order valence-electron chi connectivity index (χ0n) is 31.4. The molecule has 7 heterocycles. The van der Waals surface area contributed by atoms with Gasteiger partial charge in [0.15, 0.2) is 0 Å². The quantitative estimate of drug-likeness (QED) is 0.0832. The van der Waals surface area contributed by atoms with Gasteiger partial charge in [-0.25, -0.2) is 18.4 Å². The van der Waals surface area contributed by atoms with Crippen molar-refractivity contribution in [1.82, 2.24) is 45.2 Å². The molecular weight excluding hydrogens is 878 g/mol. The topological polar surface area (TPSA) is 200 Å². The predicted octanol–water partition coefficient (Wildman–Crippen LogP) is 6.63. The Labute approximate surface area is 352 Å². The van der Waals surface area contributed by atoms with Crippen LogP contribution >= 0.6 is 34.3 Å². The van der Waals surface area contributed by atoms with Gasteiger partial charge in [-0.3, -0.25) is 24.0 Å². The molecule has 1 amide bonds. The second-order valence-electron chi connectivity index (χ2n) is 13.1. The number of rotatable bonds is 18. The smallest absolute Gasteiger partial charge is 0.314 e. The van der Waals surface area contributed by atoms with Gasteiger partial charge in [-0.15, -0.1) is 43.1 Å². The molecule has 0 N–H and O–H groups in total. The van der Waals surface area contributed by atoms with Crippen molar-refractivity contribution in [3.05, 3.63) is 81.7 Å². The predicted molar refractivity (Wildman–Crippen MR) is 210 cm³/mol. The van der Waals surface area contributed by atoms with Crippen LogP contribution in [-0.4, -0.2) is 97.7 Å². The lowest BCUT2D eigenvalue weighted by Crippen LogP contribution is -2.45. The summed E-state index contributed by atoms with van der Waals surface area (Å²) >= 11 is 8.35. The van der Waals surface area contributed by atoms with Gasteiger partial charge in [0.2, 0.25) is 15.9 Å². The Bertz CT molecular complexity index is 2510. The molecular formula is C35H34ClF4N11O6S3. The van der Waals surface area contributed by atoms with Gasteiger partial charge in [-0.2, -0.15) is 17.6 Å². The summed E-state index contributed by atoms with van der Waals surface area (Å²) in [6, 6.07) is 3.34. The number of hydrogen-bond donors (Lipinski definition) is 0. The molecule has 17 nitrogen and oxygen atoms in total. The number of carbonyl (C=O) groups excluding carboxylic acids is 1. The number of pyridine rings is 2. The van der Waals surface area contributed by atoms with Gasteiger partial charge in [-0.1, -0.05) is 18.5 Å². The number of aryl methyl sites for hydroxylation is 1. The minimum absolute atomic E-state index is 0.0887. The maximum absolute atomic E-state index is 14.0. The highest BCUT2D eigenvalue weighted by Crippen LogP contribution is 2.32. The molecule has 1 saturated heterocycles. The largest absolute Gasteiger partial charge is 0.414 e. The van der Waals surface area contributed by atoms with Gasteiger partial charge in [-0.05, 0) is 30.5 Å². The standard InChI is InChI=1S/C35H34ClF4N11O6S3/c1-2-29(52)50(18-27-43-15-25(58-27)32-45-47-34(56-32)30(37)38)22-9-20(11-41-13-22)3-4-24-17-49(5-7-55-24)6-8-60(53,54)51(23-10-21(36)12-42-14-23)19-28-44-16-26(59-28)33-46-48-35(57-33)31(39)40/h9-16,24,30-31H,2-8,17-19H2,1H3/t24-/m1/s1. The fraction of sp³-hybridized carbons (Fsp3) is 0.400. The highest BCUT2D eigenvalue weighted by atomic mass is 35.5. The lowest BCUT2D eigenvalue weighted by Gasteiger charge is -2.33. The molecule has 25 heteroatoms. The molecule has 318 valence electrons. The number of thiazole rings is 2. The first-order valence-corrected chi connectivity index (χ1v) is 21.8. The van der Waals surface area contributed by atoms with Crippen LogP contribution in [0.25, 0.3) is 21.5 Å². The first-order chi connectivity index (χ1) is 28.8. The van der Waals surface area contributed by atoms with E-state index in [9.17, 15) is 30.8 Å². The Morgan fingerprint density at radius 2 is 1.52 bits per heavy atom. The molecule has 0 spiro atoms. The molecule has 0 aromatic carbocycles. The molecule has 0 aliphatic carbocycles. The second kappa shape index (κ2) is 19.1.